The molecule has 0 unspecified atom stereocenters. The van der Waals surface area contributed by atoms with Gasteiger partial charge in [0.1, 0.15) is 29.9 Å². The first-order valence-electron chi connectivity index (χ1n) is 14.9. The smallest absolute Gasteiger partial charge is 0.404 e. The Labute approximate surface area is 271 Å². The summed E-state index contributed by atoms with van der Waals surface area (Å²) >= 11 is 0. The molecule has 260 valence electrons. The van der Waals surface area contributed by atoms with Gasteiger partial charge in [-0.1, -0.05) is 26.0 Å². The van der Waals surface area contributed by atoms with Gasteiger partial charge < -0.3 is 41.9 Å². The second-order valence-electron chi connectivity index (χ2n) is 11.6. The topological polar surface area (TPSA) is 281 Å². The highest BCUT2D eigenvalue weighted by molar-refractivity contribution is 7.46. The molecule has 1 aromatic carbocycles. The zero-order valence-corrected chi connectivity index (χ0v) is 27.2. The van der Waals surface area contributed by atoms with Crippen LogP contribution in [0.25, 0.3) is 6.08 Å². The summed E-state index contributed by atoms with van der Waals surface area (Å²) in [6, 6.07) is 0.736. The fraction of sp³-hybridized carbons (Fsp3) is 0.517. The molecule has 0 saturated carbocycles. The summed E-state index contributed by atoms with van der Waals surface area (Å²) in [5.41, 5.74) is 11.0. The summed E-state index contributed by atoms with van der Waals surface area (Å²) in [5.74, 6) is -4.57. The minimum atomic E-state index is -4.72. The van der Waals surface area contributed by atoms with E-state index in [1.54, 1.807) is 0 Å². The highest BCUT2D eigenvalue weighted by Gasteiger charge is 2.39. The van der Waals surface area contributed by atoms with E-state index in [-0.39, 0.29) is 43.9 Å². The van der Waals surface area contributed by atoms with E-state index in [0.717, 1.165) is 0 Å². The van der Waals surface area contributed by atoms with Gasteiger partial charge in [-0.25, -0.2) is 4.57 Å². The molecule has 0 spiro atoms. The summed E-state index contributed by atoms with van der Waals surface area (Å²) in [6.07, 6.45) is 1.71. The van der Waals surface area contributed by atoms with E-state index in [1.165, 1.54) is 48.2 Å². The number of likely N-dealkylation sites (tertiary alicyclic amines) is 1. The number of rotatable bonds is 17. The first-order chi connectivity index (χ1) is 21.9. The lowest BCUT2D eigenvalue weighted by Crippen LogP contribution is -2.59. The Morgan fingerprint density at radius 1 is 1.02 bits per heavy atom. The second kappa shape index (κ2) is 17.6. The van der Waals surface area contributed by atoms with Crippen LogP contribution in [0, 0.1) is 5.92 Å². The number of primary amides is 2. The van der Waals surface area contributed by atoms with Crippen LogP contribution in [-0.4, -0.2) is 92.1 Å². The Balaban J connectivity index is 2.16. The third kappa shape index (κ3) is 13.1. The van der Waals surface area contributed by atoms with E-state index in [4.69, 9.17) is 21.3 Å². The van der Waals surface area contributed by atoms with E-state index in [1.807, 2.05) is 13.8 Å². The quantitative estimate of drug-likeness (QED) is 0.0713. The van der Waals surface area contributed by atoms with Crippen molar-refractivity contribution in [3.05, 3.63) is 35.9 Å². The number of aliphatic hydroxyl groups excluding tert-OH is 1. The van der Waals surface area contributed by atoms with Crippen molar-refractivity contribution < 1.29 is 52.7 Å². The van der Waals surface area contributed by atoms with E-state index in [2.05, 4.69) is 20.5 Å². The van der Waals surface area contributed by atoms with E-state index in [9.17, 15) is 38.4 Å². The van der Waals surface area contributed by atoms with Crippen molar-refractivity contribution in [1.82, 2.24) is 20.9 Å². The van der Waals surface area contributed by atoms with Crippen LogP contribution < -0.4 is 31.9 Å². The van der Waals surface area contributed by atoms with Crippen LogP contribution in [0.15, 0.2) is 30.3 Å². The number of phosphoric ester groups is 1. The lowest BCUT2D eigenvalue weighted by Gasteiger charge is -2.30. The Morgan fingerprint density at radius 3 is 2.19 bits per heavy atom. The van der Waals surface area contributed by atoms with E-state index in [0.29, 0.717) is 12.0 Å². The van der Waals surface area contributed by atoms with Crippen LogP contribution in [0.1, 0.15) is 58.4 Å². The van der Waals surface area contributed by atoms with Crippen molar-refractivity contribution in [2.75, 3.05) is 6.54 Å². The summed E-state index contributed by atoms with van der Waals surface area (Å²) in [5, 5.41) is 17.3. The van der Waals surface area contributed by atoms with Gasteiger partial charge in [0.25, 0.3) is 0 Å². The molecule has 0 aliphatic carbocycles. The second-order valence-corrected chi connectivity index (χ2v) is 12.7. The summed E-state index contributed by atoms with van der Waals surface area (Å²) in [7, 11) is -4.72. The predicted octanol–water partition coefficient (Wildman–Crippen LogP) is -1.21. The van der Waals surface area contributed by atoms with Gasteiger partial charge in [0.15, 0.2) is 0 Å². The van der Waals surface area contributed by atoms with Gasteiger partial charge in [-0.2, -0.15) is 0 Å². The normalized spacial score (nSPS) is 17.4. The van der Waals surface area contributed by atoms with Crippen LogP contribution >= 0.6 is 7.82 Å². The van der Waals surface area contributed by atoms with Crippen molar-refractivity contribution in [1.29, 1.82) is 0 Å². The molecule has 17 nitrogen and oxygen atoms in total. The Morgan fingerprint density at radius 2 is 1.66 bits per heavy atom. The minimum absolute atomic E-state index is 0.0290. The monoisotopic (exact) mass is 682 g/mol. The van der Waals surface area contributed by atoms with Gasteiger partial charge in [0.2, 0.25) is 35.4 Å². The first-order valence-corrected chi connectivity index (χ1v) is 16.4. The van der Waals surface area contributed by atoms with Crippen LogP contribution in [-0.2, 0) is 33.3 Å². The van der Waals surface area contributed by atoms with Crippen LogP contribution in [0.2, 0.25) is 0 Å². The van der Waals surface area contributed by atoms with Crippen LogP contribution in [0.5, 0.6) is 5.75 Å². The molecule has 2 rings (SSSR count). The standard InChI is InChI=1S/C29H43N6O11P/c1-16(2)15-21(32-24(38)13-8-18-6-9-19(10-7-18)46-47(43,44)45)29(42)35-14-4-5-22(35)28(41)33-20(11-12-23(30)37)27(40)34-25(17(3)36)26(31)39/h6-10,13,16-17,20-22,25,36H,4-5,11-12,14-15H2,1-3H3,(H2,30,37)(H2,31,39)(H,32,38)(H,33,41)(H,34,40)(H2,43,44,45)/b13-8+/t17-,20+,21+,22+,25+/m1/s1. The molecule has 5 atom stereocenters. The third-order valence-electron chi connectivity index (χ3n) is 7.09. The molecule has 0 radical (unpaired) electrons. The number of nitrogens with two attached hydrogens (primary N) is 2. The molecule has 1 fully saturated rings. The molecule has 1 aliphatic heterocycles. The number of hydrogen-bond donors (Lipinski definition) is 8. The zero-order valence-electron chi connectivity index (χ0n) is 26.3. The number of benzene rings is 1. The van der Waals surface area contributed by atoms with Gasteiger partial charge in [-0.05, 0) is 62.3 Å². The number of aliphatic hydroxyl groups is 1. The highest BCUT2D eigenvalue weighted by atomic mass is 31.2. The Kier molecular flexibility index (Phi) is 14.5. The number of phosphoric acid groups is 1. The number of amides is 6. The molecule has 1 saturated heterocycles. The maximum Gasteiger partial charge on any atom is 0.524 e. The maximum atomic E-state index is 13.7. The Bertz CT molecular complexity index is 1380. The van der Waals surface area contributed by atoms with Crippen molar-refractivity contribution in [2.24, 2.45) is 17.4 Å². The Hall–Kier alpha value is -4.31. The SMILES string of the molecule is CC(C)C[C@H](NC(=O)/C=C/c1ccc(OP(=O)(O)O)cc1)C(=O)N1CCC[C@H]1C(=O)N[C@@H](CCC(N)=O)C(=O)N[C@H](C(N)=O)[C@@H](C)O. The fourth-order valence-corrected chi connectivity index (χ4v) is 5.27. The first kappa shape index (κ1) is 38.9. The van der Waals surface area contributed by atoms with Crippen LogP contribution in [0.4, 0.5) is 0 Å². The molecule has 0 aromatic heterocycles. The van der Waals surface area contributed by atoms with Gasteiger partial charge in [0, 0.05) is 19.0 Å². The summed E-state index contributed by atoms with van der Waals surface area (Å²) < 4.78 is 15.5. The van der Waals surface area contributed by atoms with Gasteiger partial charge in [-0.15, -0.1) is 0 Å². The highest BCUT2D eigenvalue weighted by Crippen LogP contribution is 2.37. The average molecular weight is 683 g/mol. The number of carbonyl (C=O) groups is 6. The molecule has 18 heteroatoms. The minimum Gasteiger partial charge on any atom is -0.404 e. The maximum absolute atomic E-state index is 13.7. The van der Waals surface area contributed by atoms with Gasteiger partial charge >= 0.3 is 7.82 Å². The van der Waals surface area contributed by atoms with Crippen molar-refractivity contribution >= 4 is 49.3 Å². The molecule has 1 aromatic rings. The largest absolute Gasteiger partial charge is 0.524 e. The number of carbonyl (C=O) groups excluding carboxylic acids is 6. The average Bonchev–Trinajstić information content (AvgIpc) is 3.45. The molecule has 6 amide bonds. The number of nitrogens with one attached hydrogen (secondary N) is 3. The lowest BCUT2D eigenvalue weighted by molar-refractivity contribution is -0.142. The fourth-order valence-electron chi connectivity index (χ4n) is 4.87. The van der Waals surface area contributed by atoms with Crippen molar-refractivity contribution in [3.8, 4) is 5.75 Å². The molecular formula is C29H43N6O11P. The molecule has 1 aliphatic rings. The van der Waals surface area contributed by atoms with E-state index >= 15 is 0 Å². The molecule has 1 heterocycles. The van der Waals surface area contributed by atoms with Crippen molar-refractivity contribution in [3.63, 3.8) is 0 Å². The molecule has 0 bridgehead atoms. The summed E-state index contributed by atoms with van der Waals surface area (Å²) in [4.78, 5) is 95.1. The third-order valence-corrected chi connectivity index (χ3v) is 7.54. The van der Waals surface area contributed by atoms with Crippen molar-refractivity contribution in [2.45, 2.75) is 83.1 Å². The van der Waals surface area contributed by atoms with Gasteiger partial charge in [0.05, 0.1) is 6.10 Å². The number of nitrogens with zero attached hydrogens (tertiary/aromatic N) is 1. The van der Waals surface area contributed by atoms with Crippen LogP contribution in [0.3, 0.4) is 0 Å². The number of hydrogen-bond acceptors (Lipinski definition) is 9. The van der Waals surface area contributed by atoms with E-state index < -0.39 is 73.5 Å². The van der Waals surface area contributed by atoms with Gasteiger partial charge in [-0.3, -0.25) is 38.6 Å². The predicted molar refractivity (Wildman–Crippen MR) is 167 cm³/mol. The molecule has 10 N–H and O–H groups in total. The summed E-state index contributed by atoms with van der Waals surface area (Å²) in [6.45, 7) is 5.14. The molecular weight excluding hydrogens is 639 g/mol. The molecule has 47 heavy (non-hydrogen) atoms. The zero-order chi connectivity index (χ0) is 35.5. The lowest BCUT2D eigenvalue weighted by atomic mass is 10.0.